The summed E-state index contributed by atoms with van der Waals surface area (Å²) in [6, 6.07) is 2.91. The van der Waals surface area contributed by atoms with Crippen molar-refractivity contribution in [3.63, 3.8) is 0 Å². The Balaban J connectivity index is 3.24. The molecule has 3 heteroatoms. The number of carbonyl (C=O) groups excluding carboxylic acids is 1. The van der Waals surface area contributed by atoms with Gasteiger partial charge in [0.05, 0.1) is 7.11 Å². The molecule has 0 amide bonds. The van der Waals surface area contributed by atoms with Gasteiger partial charge in [0.1, 0.15) is 11.6 Å². The van der Waals surface area contributed by atoms with Crippen molar-refractivity contribution in [2.45, 2.75) is 19.8 Å². The Labute approximate surface area is 82.7 Å². The number of hydrogen-bond donors (Lipinski definition) is 0. The Hall–Kier alpha value is -1.38. The summed E-state index contributed by atoms with van der Waals surface area (Å²) in [7, 11) is 1.47. The average Bonchev–Trinajstić information content (AvgIpc) is 2.20. The van der Waals surface area contributed by atoms with Gasteiger partial charge >= 0.3 is 0 Å². The topological polar surface area (TPSA) is 26.3 Å². The maximum absolute atomic E-state index is 13.3. The lowest BCUT2D eigenvalue weighted by molar-refractivity contribution is 0.401. The highest BCUT2D eigenvalue weighted by molar-refractivity contribution is 5.59. The van der Waals surface area contributed by atoms with Crippen LogP contribution in [0.3, 0.4) is 0 Å². The Bertz CT molecular complexity index is 334. The molecule has 0 spiro atoms. The molecule has 75 valence electrons. The molecule has 0 aliphatic rings. The summed E-state index contributed by atoms with van der Waals surface area (Å²) < 4.78 is 18.4. The molecule has 0 aliphatic carbocycles. The van der Waals surface area contributed by atoms with Crippen LogP contribution in [0, 0.1) is 5.82 Å². The van der Waals surface area contributed by atoms with Gasteiger partial charge in [-0.25, -0.2) is 4.39 Å². The molecule has 14 heavy (non-hydrogen) atoms. The molecular weight excluding hydrogens is 183 g/mol. The molecule has 1 aromatic rings. The normalized spacial score (nSPS) is 9.93. The second-order valence-corrected chi connectivity index (χ2v) is 2.89. The zero-order valence-corrected chi connectivity index (χ0v) is 8.26. The lowest BCUT2D eigenvalue weighted by atomic mass is 10.0. The lowest BCUT2D eigenvalue weighted by Gasteiger charge is -2.11. The van der Waals surface area contributed by atoms with E-state index in [0.717, 1.165) is 0 Å². The van der Waals surface area contributed by atoms with Gasteiger partial charge in [-0.1, -0.05) is 13.0 Å². The van der Waals surface area contributed by atoms with Crippen molar-refractivity contribution in [3.05, 3.63) is 29.1 Å². The number of methoxy groups -OCH3 is 1. The van der Waals surface area contributed by atoms with Crippen LogP contribution in [0.15, 0.2) is 12.1 Å². The van der Waals surface area contributed by atoms with Gasteiger partial charge in [0.15, 0.2) is 0 Å². The van der Waals surface area contributed by atoms with Gasteiger partial charge in [-0.2, -0.15) is 0 Å². The monoisotopic (exact) mass is 195 g/mol. The zero-order chi connectivity index (χ0) is 10.6. The van der Waals surface area contributed by atoms with Gasteiger partial charge in [0, 0.05) is 17.5 Å². The van der Waals surface area contributed by atoms with E-state index >= 15 is 0 Å². The van der Waals surface area contributed by atoms with Crippen LogP contribution in [0.4, 0.5) is 4.39 Å². The van der Waals surface area contributed by atoms with Crippen molar-refractivity contribution in [3.8, 4) is 5.75 Å². The highest BCUT2D eigenvalue weighted by Gasteiger charge is 2.12. The number of benzene rings is 1. The second kappa shape index (κ2) is 4.74. The smallest absolute Gasteiger partial charge is 0.203 e. The number of rotatable bonds is 4. The van der Waals surface area contributed by atoms with Crippen LogP contribution in [-0.4, -0.2) is 13.4 Å². The molecule has 0 fully saturated rings. The SMILES string of the molecule is CCc1c(F)ccc(C[C]=O)c1OC. The first kappa shape index (κ1) is 10.7. The van der Waals surface area contributed by atoms with Crippen LogP contribution >= 0.6 is 0 Å². The fraction of sp³-hybridized carbons (Fsp3) is 0.364. The van der Waals surface area contributed by atoms with Gasteiger partial charge in [-0.15, -0.1) is 0 Å². The first-order chi connectivity index (χ1) is 6.74. The number of ether oxygens (including phenoxy) is 1. The lowest BCUT2D eigenvalue weighted by Crippen LogP contribution is -2.00. The Morgan fingerprint density at radius 3 is 2.71 bits per heavy atom. The third-order valence-electron chi connectivity index (χ3n) is 2.11. The van der Waals surface area contributed by atoms with E-state index in [0.29, 0.717) is 23.3 Å². The van der Waals surface area contributed by atoms with Crippen molar-refractivity contribution in [2.24, 2.45) is 0 Å². The molecule has 0 N–H and O–H groups in total. The van der Waals surface area contributed by atoms with E-state index in [1.54, 1.807) is 12.4 Å². The van der Waals surface area contributed by atoms with Crippen molar-refractivity contribution >= 4 is 6.29 Å². The minimum Gasteiger partial charge on any atom is -0.496 e. The van der Waals surface area contributed by atoms with Crippen LogP contribution in [0.2, 0.25) is 0 Å². The molecule has 0 heterocycles. The summed E-state index contributed by atoms with van der Waals surface area (Å²) in [5.41, 5.74) is 1.20. The van der Waals surface area contributed by atoms with Crippen molar-refractivity contribution in [1.29, 1.82) is 0 Å². The van der Waals surface area contributed by atoms with E-state index in [-0.39, 0.29) is 12.2 Å². The predicted molar refractivity (Wildman–Crippen MR) is 51.7 cm³/mol. The largest absolute Gasteiger partial charge is 0.496 e. The van der Waals surface area contributed by atoms with E-state index in [4.69, 9.17) is 4.74 Å². The standard InChI is InChI=1S/C11H12FO2/c1-3-9-10(12)5-4-8(6-7-13)11(9)14-2/h4-5H,3,6H2,1-2H3. The molecule has 2 nitrogen and oxygen atoms in total. The van der Waals surface area contributed by atoms with Crippen molar-refractivity contribution in [1.82, 2.24) is 0 Å². The highest BCUT2D eigenvalue weighted by Crippen LogP contribution is 2.26. The summed E-state index contributed by atoms with van der Waals surface area (Å²) in [5.74, 6) is 0.176. The van der Waals surface area contributed by atoms with Crippen LogP contribution < -0.4 is 4.74 Å². The summed E-state index contributed by atoms with van der Waals surface area (Å²) in [6.07, 6.45) is 2.46. The minimum atomic E-state index is -0.293. The first-order valence-electron chi connectivity index (χ1n) is 4.43. The quantitative estimate of drug-likeness (QED) is 0.735. The van der Waals surface area contributed by atoms with Crippen molar-refractivity contribution < 1.29 is 13.9 Å². The van der Waals surface area contributed by atoms with Crippen LogP contribution in [-0.2, 0) is 17.6 Å². The van der Waals surface area contributed by atoms with Crippen molar-refractivity contribution in [2.75, 3.05) is 7.11 Å². The van der Waals surface area contributed by atoms with Gasteiger partial charge in [-0.3, -0.25) is 4.79 Å². The molecule has 0 aliphatic heterocycles. The maximum atomic E-state index is 13.3. The average molecular weight is 195 g/mol. The molecule has 0 bridgehead atoms. The van der Waals surface area contributed by atoms with Gasteiger partial charge < -0.3 is 4.74 Å². The van der Waals surface area contributed by atoms with E-state index in [9.17, 15) is 9.18 Å². The third kappa shape index (κ3) is 1.92. The molecule has 1 aromatic carbocycles. The highest BCUT2D eigenvalue weighted by atomic mass is 19.1. The summed E-state index contributed by atoms with van der Waals surface area (Å²) in [4.78, 5) is 10.3. The van der Waals surface area contributed by atoms with E-state index < -0.39 is 0 Å². The van der Waals surface area contributed by atoms with Crippen LogP contribution in [0.1, 0.15) is 18.1 Å². The Morgan fingerprint density at radius 2 is 2.21 bits per heavy atom. The summed E-state index contributed by atoms with van der Waals surface area (Å²) in [5, 5.41) is 0. The Kier molecular flexibility index (Phi) is 3.63. The second-order valence-electron chi connectivity index (χ2n) is 2.89. The first-order valence-corrected chi connectivity index (χ1v) is 4.43. The molecule has 0 unspecified atom stereocenters. The molecule has 0 atom stereocenters. The summed E-state index contributed by atoms with van der Waals surface area (Å²) in [6.45, 7) is 1.84. The molecule has 0 saturated carbocycles. The molecule has 1 rings (SSSR count). The van der Waals surface area contributed by atoms with Gasteiger partial charge in [-0.05, 0) is 12.5 Å². The van der Waals surface area contributed by atoms with E-state index in [2.05, 4.69) is 0 Å². The minimum absolute atomic E-state index is 0.135. The molecular formula is C11H12FO2. The number of halogens is 1. The Morgan fingerprint density at radius 1 is 1.50 bits per heavy atom. The summed E-state index contributed by atoms with van der Waals surface area (Å²) >= 11 is 0. The molecule has 1 radical (unpaired) electrons. The van der Waals surface area contributed by atoms with E-state index in [1.807, 2.05) is 6.92 Å². The molecule has 0 saturated heterocycles. The van der Waals surface area contributed by atoms with E-state index in [1.165, 1.54) is 13.2 Å². The van der Waals surface area contributed by atoms with Gasteiger partial charge in [0.2, 0.25) is 6.29 Å². The third-order valence-corrected chi connectivity index (χ3v) is 2.11. The van der Waals surface area contributed by atoms with Crippen LogP contribution in [0.25, 0.3) is 0 Å². The van der Waals surface area contributed by atoms with Crippen LogP contribution in [0.5, 0.6) is 5.75 Å². The van der Waals surface area contributed by atoms with Gasteiger partial charge in [0.25, 0.3) is 0 Å². The fourth-order valence-electron chi connectivity index (χ4n) is 1.45. The predicted octanol–water partition coefficient (Wildman–Crippen LogP) is 2.05. The maximum Gasteiger partial charge on any atom is 0.203 e. The number of hydrogen-bond acceptors (Lipinski definition) is 2. The zero-order valence-electron chi connectivity index (χ0n) is 8.26. The molecule has 0 aromatic heterocycles. The fourth-order valence-corrected chi connectivity index (χ4v) is 1.45.